The summed E-state index contributed by atoms with van der Waals surface area (Å²) < 4.78 is 7.32. The number of aromatic nitrogens is 5. The number of hydrogen-bond acceptors (Lipinski definition) is 7. The number of nitrogens with zero attached hydrogens (tertiary/aromatic N) is 6. The van der Waals surface area contributed by atoms with E-state index in [0.29, 0.717) is 0 Å². The maximum absolute atomic E-state index is 5.26. The van der Waals surface area contributed by atoms with Gasteiger partial charge < -0.3 is 14.0 Å². The van der Waals surface area contributed by atoms with Gasteiger partial charge in [-0.05, 0) is 61.4 Å². The van der Waals surface area contributed by atoms with Crippen LogP contribution in [0.15, 0.2) is 70.5 Å². The minimum atomic E-state index is 0.804. The molecule has 0 aliphatic carbocycles. The molecule has 7 nitrogen and oxygen atoms in total. The molecular formula is C29H30N6OS. The molecule has 0 saturated carbocycles. The Balaban J connectivity index is 1.02. The average Bonchev–Trinajstić information content (AvgIpc) is 3.46. The fraction of sp³-hybridized carbons (Fsp3) is 0.310. The van der Waals surface area contributed by atoms with E-state index in [9.17, 15) is 0 Å². The second-order valence-corrected chi connectivity index (χ2v) is 10.7. The third-order valence-electron chi connectivity index (χ3n) is 7.07. The van der Waals surface area contributed by atoms with Crippen molar-refractivity contribution in [3.63, 3.8) is 0 Å². The quantitative estimate of drug-likeness (QED) is 0.209. The van der Waals surface area contributed by atoms with Crippen LogP contribution < -0.4 is 0 Å². The highest BCUT2D eigenvalue weighted by atomic mass is 32.2. The number of pyridine rings is 1. The van der Waals surface area contributed by atoms with Crippen molar-refractivity contribution >= 4 is 22.5 Å². The van der Waals surface area contributed by atoms with Crippen LogP contribution in [0.25, 0.3) is 33.5 Å². The average molecular weight is 511 g/mol. The van der Waals surface area contributed by atoms with Crippen molar-refractivity contribution in [2.75, 3.05) is 25.4 Å². The van der Waals surface area contributed by atoms with Gasteiger partial charge in [0, 0.05) is 49.1 Å². The molecule has 0 amide bonds. The maximum atomic E-state index is 5.26. The van der Waals surface area contributed by atoms with Gasteiger partial charge in [-0.2, -0.15) is 0 Å². The molecule has 0 N–H and O–H groups in total. The number of fused-ring (bicyclic) bond motifs is 2. The van der Waals surface area contributed by atoms with Crippen molar-refractivity contribution in [2.24, 2.45) is 7.05 Å². The largest absolute Gasteiger partial charge is 0.361 e. The molecule has 0 atom stereocenters. The van der Waals surface area contributed by atoms with Crippen LogP contribution in [0.5, 0.6) is 0 Å². The Morgan fingerprint density at radius 2 is 1.76 bits per heavy atom. The molecule has 2 aromatic carbocycles. The molecule has 8 heteroatoms. The zero-order valence-corrected chi connectivity index (χ0v) is 22.0. The first-order valence-corrected chi connectivity index (χ1v) is 13.8. The van der Waals surface area contributed by atoms with Crippen molar-refractivity contribution in [3.05, 3.63) is 77.7 Å². The van der Waals surface area contributed by atoms with Crippen LogP contribution in [0, 0.1) is 6.92 Å². The zero-order valence-electron chi connectivity index (χ0n) is 21.2. The van der Waals surface area contributed by atoms with Crippen molar-refractivity contribution in [1.82, 2.24) is 29.8 Å². The highest BCUT2D eigenvalue weighted by Crippen LogP contribution is 2.26. The molecular weight excluding hydrogens is 480 g/mol. The lowest BCUT2D eigenvalue weighted by Crippen LogP contribution is -2.27. The third-order valence-corrected chi connectivity index (χ3v) is 8.18. The molecule has 4 heterocycles. The number of thioether (sulfide) groups is 1. The summed E-state index contributed by atoms with van der Waals surface area (Å²) in [7, 11) is 2.02. The first kappa shape index (κ1) is 23.9. The summed E-state index contributed by atoms with van der Waals surface area (Å²) in [4.78, 5) is 7.20. The lowest BCUT2D eigenvalue weighted by atomic mass is 9.99. The molecule has 3 aromatic heterocycles. The Bertz CT molecular complexity index is 1540. The van der Waals surface area contributed by atoms with Gasteiger partial charge in [0.1, 0.15) is 17.1 Å². The van der Waals surface area contributed by atoms with E-state index in [1.54, 1.807) is 11.8 Å². The molecule has 0 unspecified atom stereocenters. The summed E-state index contributed by atoms with van der Waals surface area (Å²) >= 11 is 1.77. The Morgan fingerprint density at radius 1 is 0.919 bits per heavy atom. The van der Waals surface area contributed by atoms with E-state index in [-0.39, 0.29) is 0 Å². The molecule has 1 aliphatic rings. The van der Waals surface area contributed by atoms with E-state index in [1.807, 2.05) is 38.4 Å². The fourth-order valence-electron chi connectivity index (χ4n) is 4.98. The Morgan fingerprint density at radius 3 is 2.59 bits per heavy atom. The molecule has 1 aliphatic heterocycles. The summed E-state index contributed by atoms with van der Waals surface area (Å²) in [6.07, 6.45) is 5.17. The van der Waals surface area contributed by atoms with Crippen LogP contribution in [0.2, 0.25) is 0 Å². The van der Waals surface area contributed by atoms with E-state index in [1.165, 1.54) is 11.1 Å². The first-order chi connectivity index (χ1) is 18.1. The SMILES string of the molecule is Cc1cc(-c2ccc3c(c2)CCN(CCCSc2nnc(-c4cc5ccccc5cn4)n2C)CC3)no1. The summed E-state index contributed by atoms with van der Waals surface area (Å²) in [5, 5.41) is 16.3. The van der Waals surface area contributed by atoms with Gasteiger partial charge in [-0.25, -0.2) is 0 Å². The van der Waals surface area contributed by atoms with E-state index in [2.05, 4.69) is 66.2 Å². The molecule has 37 heavy (non-hydrogen) atoms. The van der Waals surface area contributed by atoms with Crippen LogP contribution in [-0.4, -0.2) is 55.2 Å². The predicted molar refractivity (Wildman–Crippen MR) is 148 cm³/mol. The topological polar surface area (TPSA) is 72.9 Å². The smallest absolute Gasteiger partial charge is 0.191 e. The van der Waals surface area contributed by atoms with Crippen molar-refractivity contribution in [3.8, 4) is 22.8 Å². The van der Waals surface area contributed by atoms with Gasteiger partial charge in [-0.15, -0.1) is 10.2 Å². The standard InChI is InChI=1S/C29H30N6OS/c1-20-16-26(33-36-20)24-9-8-21-10-13-35(14-11-23(21)17-24)12-5-15-37-29-32-31-28(34(29)2)27-18-22-6-3-4-7-25(22)19-30-27/h3-4,6-9,16-19H,5,10-15H2,1-2H3. The van der Waals surface area contributed by atoms with Gasteiger partial charge >= 0.3 is 0 Å². The molecule has 188 valence electrons. The summed E-state index contributed by atoms with van der Waals surface area (Å²) in [5.41, 5.74) is 5.80. The fourth-order valence-corrected chi connectivity index (χ4v) is 5.81. The minimum Gasteiger partial charge on any atom is -0.361 e. The summed E-state index contributed by atoms with van der Waals surface area (Å²) in [6.45, 7) is 5.21. The number of hydrogen-bond donors (Lipinski definition) is 0. The maximum Gasteiger partial charge on any atom is 0.191 e. The predicted octanol–water partition coefficient (Wildman–Crippen LogP) is 5.58. The molecule has 5 aromatic rings. The van der Waals surface area contributed by atoms with Crippen LogP contribution in [0.3, 0.4) is 0 Å². The Labute approximate surface area is 220 Å². The highest BCUT2D eigenvalue weighted by molar-refractivity contribution is 7.99. The van der Waals surface area contributed by atoms with Crippen molar-refractivity contribution < 1.29 is 4.52 Å². The number of aryl methyl sites for hydroxylation is 1. The van der Waals surface area contributed by atoms with E-state index < -0.39 is 0 Å². The number of benzene rings is 2. The van der Waals surface area contributed by atoms with Gasteiger partial charge in [0.15, 0.2) is 11.0 Å². The summed E-state index contributed by atoms with van der Waals surface area (Å²) in [5.74, 6) is 2.66. The molecule has 0 saturated heterocycles. The lowest BCUT2D eigenvalue weighted by Gasteiger charge is -2.19. The van der Waals surface area contributed by atoms with E-state index >= 15 is 0 Å². The second-order valence-electron chi connectivity index (χ2n) is 9.63. The third kappa shape index (κ3) is 5.17. The normalized spacial score (nSPS) is 14.1. The lowest BCUT2D eigenvalue weighted by molar-refractivity contribution is 0.289. The van der Waals surface area contributed by atoms with Gasteiger partial charge in [0.05, 0.1) is 0 Å². The Hall–Kier alpha value is -3.49. The van der Waals surface area contributed by atoms with Crippen molar-refractivity contribution in [2.45, 2.75) is 31.3 Å². The number of rotatable bonds is 7. The van der Waals surface area contributed by atoms with Crippen LogP contribution in [0.1, 0.15) is 23.3 Å². The minimum absolute atomic E-state index is 0.804. The van der Waals surface area contributed by atoms with Gasteiger partial charge in [-0.3, -0.25) is 4.98 Å². The van der Waals surface area contributed by atoms with Crippen LogP contribution in [0.4, 0.5) is 0 Å². The molecule has 0 bridgehead atoms. The van der Waals surface area contributed by atoms with Crippen LogP contribution >= 0.6 is 11.8 Å². The first-order valence-electron chi connectivity index (χ1n) is 12.8. The van der Waals surface area contributed by atoms with Gasteiger partial charge in [0.25, 0.3) is 0 Å². The van der Waals surface area contributed by atoms with E-state index in [4.69, 9.17) is 4.52 Å². The zero-order chi connectivity index (χ0) is 25.2. The Kier molecular flexibility index (Phi) is 6.76. The molecule has 0 fully saturated rings. The van der Waals surface area contributed by atoms with E-state index in [0.717, 1.165) is 89.1 Å². The summed E-state index contributed by atoms with van der Waals surface area (Å²) in [6, 6.07) is 19.1. The van der Waals surface area contributed by atoms with Crippen molar-refractivity contribution in [1.29, 1.82) is 0 Å². The molecule has 6 rings (SSSR count). The van der Waals surface area contributed by atoms with Gasteiger partial charge in [0.2, 0.25) is 0 Å². The van der Waals surface area contributed by atoms with Gasteiger partial charge in [-0.1, -0.05) is 53.3 Å². The second kappa shape index (κ2) is 10.5. The van der Waals surface area contributed by atoms with Crippen LogP contribution in [-0.2, 0) is 19.9 Å². The highest BCUT2D eigenvalue weighted by Gasteiger charge is 2.16. The molecule has 0 spiro atoms. The monoisotopic (exact) mass is 510 g/mol. The molecule has 0 radical (unpaired) electrons.